The third kappa shape index (κ3) is 2.98. The average Bonchev–Trinajstić information content (AvgIpc) is 2.85. The van der Waals surface area contributed by atoms with E-state index < -0.39 is 16.1 Å². The standard InChI is InChI=1S/C11H20N2O3S/c1-17(15,16)13-8-4-7-10(13)11(14)12-9-5-2-3-6-9/h9-10H,2-8H2,1H3,(H,12,14). The Morgan fingerprint density at radius 3 is 2.41 bits per heavy atom. The fourth-order valence-corrected chi connectivity index (χ4v) is 3.89. The van der Waals surface area contributed by atoms with E-state index >= 15 is 0 Å². The van der Waals surface area contributed by atoms with Crippen LogP contribution in [0.2, 0.25) is 0 Å². The fourth-order valence-electron chi connectivity index (χ4n) is 2.77. The summed E-state index contributed by atoms with van der Waals surface area (Å²) in [4.78, 5) is 12.0. The number of nitrogens with zero attached hydrogens (tertiary/aromatic N) is 1. The molecule has 2 rings (SSSR count). The molecule has 0 radical (unpaired) electrons. The molecular weight excluding hydrogens is 240 g/mol. The van der Waals surface area contributed by atoms with Gasteiger partial charge in [-0.15, -0.1) is 0 Å². The van der Waals surface area contributed by atoms with Crippen LogP contribution in [-0.2, 0) is 14.8 Å². The molecule has 0 aromatic heterocycles. The smallest absolute Gasteiger partial charge is 0.238 e. The molecule has 0 spiro atoms. The average molecular weight is 260 g/mol. The van der Waals surface area contributed by atoms with E-state index in [2.05, 4.69) is 5.32 Å². The van der Waals surface area contributed by atoms with Gasteiger partial charge in [-0.05, 0) is 25.7 Å². The summed E-state index contributed by atoms with van der Waals surface area (Å²) in [5.41, 5.74) is 0. The highest BCUT2D eigenvalue weighted by atomic mass is 32.2. The third-order valence-electron chi connectivity index (χ3n) is 3.63. The number of amides is 1. The molecule has 1 saturated carbocycles. The summed E-state index contributed by atoms with van der Waals surface area (Å²) >= 11 is 0. The first-order chi connectivity index (χ1) is 7.98. The van der Waals surface area contributed by atoms with Crippen molar-refractivity contribution >= 4 is 15.9 Å². The zero-order valence-electron chi connectivity index (χ0n) is 10.2. The van der Waals surface area contributed by atoms with Crippen molar-refractivity contribution in [3.8, 4) is 0 Å². The van der Waals surface area contributed by atoms with Crippen LogP contribution < -0.4 is 5.32 Å². The van der Waals surface area contributed by atoms with Crippen molar-refractivity contribution in [2.45, 2.75) is 50.6 Å². The van der Waals surface area contributed by atoms with Crippen LogP contribution in [0.5, 0.6) is 0 Å². The Balaban J connectivity index is 1.98. The van der Waals surface area contributed by atoms with Gasteiger partial charge >= 0.3 is 0 Å². The number of sulfonamides is 1. The van der Waals surface area contributed by atoms with Gasteiger partial charge in [0.2, 0.25) is 15.9 Å². The molecule has 1 amide bonds. The van der Waals surface area contributed by atoms with Gasteiger partial charge in [0.15, 0.2) is 0 Å². The van der Waals surface area contributed by atoms with Crippen molar-refractivity contribution in [1.82, 2.24) is 9.62 Å². The minimum absolute atomic E-state index is 0.111. The number of nitrogens with one attached hydrogen (secondary N) is 1. The second kappa shape index (κ2) is 4.94. The van der Waals surface area contributed by atoms with Crippen LogP contribution in [0.4, 0.5) is 0 Å². The maximum Gasteiger partial charge on any atom is 0.238 e. The molecule has 1 aliphatic heterocycles. The highest BCUT2D eigenvalue weighted by Crippen LogP contribution is 2.22. The van der Waals surface area contributed by atoms with Crippen LogP contribution in [-0.4, -0.2) is 43.5 Å². The lowest BCUT2D eigenvalue weighted by molar-refractivity contribution is -0.124. The van der Waals surface area contributed by atoms with Gasteiger partial charge in [0.05, 0.1) is 6.26 Å². The number of carbonyl (C=O) groups excluding carboxylic acids is 1. The Morgan fingerprint density at radius 1 is 1.18 bits per heavy atom. The molecule has 1 aliphatic carbocycles. The molecule has 17 heavy (non-hydrogen) atoms. The van der Waals surface area contributed by atoms with Gasteiger partial charge in [-0.2, -0.15) is 4.31 Å². The van der Waals surface area contributed by atoms with E-state index in [9.17, 15) is 13.2 Å². The molecule has 1 atom stereocenters. The Morgan fingerprint density at radius 2 is 1.82 bits per heavy atom. The summed E-state index contributed by atoms with van der Waals surface area (Å²) in [6, 6.07) is -0.227. The predicted octanol–water partition coefficient (Wildman–Crippen LogP) is 0.469. The number of rotatable bonds is 3. The molecule has 6 heteroatoms. The van der Waals surface area contributed by atoms with E-state index in [1.807, 2.05) is 0 Å². The Labute approximate surface area is 103 Å². The molecule has 98 valence electrons. The van der Waals surface area contributed by atoms with Gasteiger partial charge in [0.1, 0.15) is 6.04 Å². The molecule has 1 N–H and O–H groups in total. The monoisotopic (exact) mass is 260 g/mol. The Hall–Kier alpha value is -0.620. The zero-order chi connectivity index (χ0) is 12.5. The van der Waals surface area contributed by atoms with Crippen molar-refractivity contribution in [2.24, 2.45) is 0 Å². The molecule has 2 fully saturated rings. The first-order valence-electron chi connectivity index (χ1n) is 6.25. The van der Waals surface area contributed by atoms with Crippen LogP contribution in [0.25, 0.3) is 0 Å². The Kier molecular flexibility index (Phi) is 3.73. The molecule has 0 bridgehead atoms. The molecule has 1 saturated heterocycles. The molecule has 5 nitrogen and oxygen atoms in total. The van der Waals surface area contributed by atoms with Crippen molar-refractivity contribution in [2.75, 3.05) is 12.8 Å². The van der Waals surface area contributed by atoms with Gasteiger partial charge in [-0.3, -0.25) is 4.79 Å². The number of hydrogen-bond donors (Lipinski definition) is 1. The van der Waals surface area contributed by atoms with Gasteiger partial charge in [0, 0.05) is 12.6 Å². The van der Waals surface area contributed by atoms with E-state index in [-0.39, 0.29) is 11.9 Å². The van der Waals surface area contributed by atoms with Gasteiger partial charge in [-0.1, -0.05) is 12.8 Å². The summed E-state index contributed by atoms with van der Waals surface area (Å²) in [5.74, 6) is -0.111. The highest BCUT2D eigenvalue weighted by molar-refractivity contribution is 7.88. The number of hydrogen-bond acceptors (Lipinski definition) is 3. The summed E-state index contributed by atoms with van der Waals surface area (Å²) in [7, 11) is -3.26. The van der Waals surface area contributed by atoms with Gasteiger partial charge < -0.3 is 5.32 Å². The van der Waals surface area contributed by atoms with Gasteiger partial charge in [-0.25, -0.2) is 8.42 Å². The molecule has 0 aromatic rings. The van der Waals surface area contributed by atoms with Crippen molar-refractivity contribution in [3.05, 3.63) is 0 Å². The quantitative estimate of drug-likeness (QED) is 0.802. The lowest BCUT2D eigenvalue weighted by Crippen LogP contribution is -2.47. The summed E-state index contributed by atoms with van der Waals surface area (Å²) in [5, 5.41) is 2.98. The molecule has 1 unspecified atom stereocenters. The Bertz CT molecular complexity index is 388. The zero-order valence-corrected chi connectivity index (χ0v) is 11.0. The van der Waals surface area contributed by atoms with Crippen LogP contribution in [0.3, 0.4) is 0 Å². The van der Waals surface area contributed by atoms with Crippen LogP contribution in [0.1, 0.15) is 38.5 Å². The van der Waals surface area contributed by atoms with Crippen LogP contribution >= 0.6 is 0 Å². The fraction of sp³-hybridized carbons (Fsp3) is 0.909. The SMILES string of the molecule is CS(=O)(=O)N1CCCC1C(=O)NC1CCCC1. The number of carbonyl (C=O) groups is 1. The lowest BCUT2D eigenvalue weighted by Gasteiger charge is -2.23. The molecule has 1 heterocycles. The van der Waals surface area contributed by atoms with E-state index in [1.165, 1.54) is 10.6 Å². The minimum atomic E-state index is -3.26. The van der Waals surface area contributed by atoms with E-state index in [0.717, 1.165) is 32.1 Å². The normalized spacial score (nSPS) is 27.5. The topological polar surface area (TPSA) is 66.5 Å². The molecular formula is C11H20N2O3S. The van der Waals surface area contributed by atoms with E-state index in [4.69, 9.17) is 0 Å². The first kappa shape index (κ1) is 12.8. The summed E-state index contributed by atoms with van der Waals surface area (Å²) in [6.07, 6.45) is 6.96. The van der Waals surface area contributed by atoms with Crippen molar-refractivity contribution in [3.63, 3.8) is 0 Å². The predicted molar refractivity (Wildman–Crippen MR) is 65.0 cm³/mol. The van der Waals surface area contributed by atoms with E-state index in [1.54, 1.807) is 0 Å². The second-order valence-corrected chi connectivity index (χ2v) is 6.96. The molecule has 0 aromatic carbocycles. The maximum atomic E-state index is 12.0. The first-order valence-corrected chi connectivity index (χ1v) is 8.10. The van der Waals surface area contributed by atoms with Crippen LogP contribution in [0.15, 0.2) is 0 Å². The van der Waals surface area contributed by atoms with Crippen LogP contribution in [0, 0.1) is 0 Å². The second-order valence-electron chi connectivity index (χ2n) is 5.02. The minimum Gasteiger partial charge on any atom is -0.352 e. The van der Waals surface area contributed by atoms with Crippen molar-refractivity contribution < 1.29 is 13.2 Å². The largest absolute Gasteiger partial charge is 0.352 e. The third-order valence-corrected chi connectivity index (χ3v) is 4.92. The maximum absolute atomic E-state index is 12.0. The summed E-state index contributed by atoms with van der Waals surface area (Å²) < 4.78 is 24.4. The van der Waals surface area contributed by atoms with Crippen molar-refractivity contribution in [1.29, 1.82) is 0 Å². The van der Waals surface area contributed by atoms with E-state index in [0.29, 0.717) is 13.0 Å². The van der Waals surface area contributed by atoms with Gasteiger partial charge in [0.25, 0.3) is 0 Å². The molecule has 2 aliphatic rings. The highest BCUT2D eigenvalue weighted by Gasteiger charge is 2.37. The summed E-state index contributed by atoms with van der Waals surface area (Å²) in [6.45, 7) is 0.474. The lowest BCUT2D eigenvalue weighted by atomic mass is 10.2.